The van der Waals surface area contributed by atoms with E-state index in [4.69, 9.17) is 4.74 Å². The van der Waals surface area contributed by atoms with Crippen molar-refractivity contribution >= 4 is 28.5 Å². The van der Waals surface area contributed by atoms with Crippen LogP contribution in [-0.2, 0) is 4.74 Å². The normalized spacial score (nSPS) is 10.5. The Morgan fingerprint density at radius 1 is 1.08 bits per heavy atom. The van der Waals surface area contributed by atoms with Gasteiger partial charge in [-0.15, -0.1) is 0 Å². The maximum Gasteiger partial charge on any atom is 0.337 e. The number of carboxylic acids is 1. The van der Waals surface area contributed by atoms with Crippen LogP contribution in [0.15, 0.2) is 48.7 Å². The molecule has 1 aromatic heterocycles. The minimum Gasteiger partial charge on any atom is -0.478 e. The van der Waals surface area contributed by atoms with E-state index in [1.165, 1.54) is 7.11 Å². The van der Waals surface area contributed by atoms with Gasteiger partial charge in [0.1, 0.15) is 5.82 Å². The second-order valence-corrected chi connectivity index (χ2v) is 5.41. The van der Waals surface area contributed by atoms with Crippen molar-refractivity contribution < 1.29 is 19.4 Å². The van der Waals surface area contributed by atoms with Crippen molar-refractivity contribution in [2.75, 3.05) is 19.5 Å². The van der Waals surface area contributed by atoms with Gasteiger partial charge in [-0.1, -0.05) is 18.2 Å². The lowest BCUT2D eigenvalue weighted by atomic mass is 9.97. The number of nitrogens with one attached hydrogen (secondary N) is 1. The zero-order valence-corrected chi connectivity index (χ0v) is 13.7. The number of ether oxygens (including phenoxy) is 1. The number of benzene rings is 2. The number of anilines is 1. The molecular weight excluding hydrogens is 320 g/mol. The standard InChI is InChI=1S/C19H16N2O4/c1-20-17-15-9-13(19(24)25-2)6-7-14(15)16(10-21-17)11-4-3-5-12(8-11)18(22)23/h3-10H,1-2H3,(H,20,21)(H,22,23). The highest BCUT2D eigenvalue weighted by atomic mass is 16.5. The van der Waals surface area contributed by atoms with E-state index in [0.29, 0.717) is 11.4 Å². The largest absolute Gasteiger partial charge is 0.478 e. The van der Waals surface area contributed by atoms with Gasteiger partial charge in [-0.05, 0) is 35.2 Å². The molecule has 2 aromatic carbocycles. The van der Waals surface area contributed by atoms with E-state index < -0.39 is 11.9 Å². The number of esters is 1. The average molecular weight is 336 g/mol. The first kappa shape index (κ1) is 16.4. The van der Waals surface area contributed by atoms with Crippen LogP contribution in [0.5, 0.6) is 0 Å². The van der Waals surface area contributed by atoms with Crippen molar-refractivity contribution in [3.63, 3.8) is 0 Å². The fourth-order valence-electron chi connectivity index (χ4n) is 2.74. The molecule has 1 heterocycles. The molecule has 0 bridgehead atoms. The summed E-state index contributed by atoms with van der Waals surface area (Å²) >= 11 is 0. The quantitative estimate of drug-likeness (QED) is 0.710. The topological polar surface area (TPSA) is 88.5 Å². The molecule has 0 atom stereocenters. The molecule has 3 aromatic rings. The number of carbonyl (C=O) groups excluding carboxylic acids is 1. The third-order valence-electron chi connectivity index (χ3n) is 3.97. The van der Waals surface area contributed by atoms with E-state index in [9.17, 15) is 14.7 Å². The van der Waals surface area contributed by atoms with Gasteiger partial charge in [0.25, 0.3) is 0 Å². The number of rotatable bonds is 4. The number of hydrogen-bond donors (Lipinski definition) is 2. The molecule has 2 N–H and O–H groups in total. The Balaban J connectivity index is 2.25. The third kappa shape index (κ3) is 3.01. The van der Waals surface area contributed by atoms with E-state index in [-0.39, 0.29) is 5.56 Å². The van der Waals surface area contributed by atoms with Gasteiger partial charge >= 0.3 is 11.9 Å². The molecule has 3 rings (SSSR count). The van der Waals surface area contributed by atoms with Crippen molar-refractivity contribution in [1.29, 1.82) is 0 Å². The van der Waals surface area contributed by atoms with Crippen LogP contribution in [0.1, 0.15) is 20.7 Å². The van der Waals surface area contributed by atoms with Gasteiger partial charge in [0, 0.05) is 24.2 Å². The molecule has 0 saturated carbocycles. The van der Waals surface area contributed by atoms with E-state index in [2.05, 4.69) is 10.3 Å². The molecule has 0 unspecified atom stereocenters. The molecule has 0 spiro atoms. The van der Waals surface area contributed by atoms with E-state index in [1.54, 1.807) is 43.6 Å². The van der Waals surface area contributed by atoms with Gasteiger partial charge in [-0.3, -0.25) is 0 Å². The average Bonchev–Trinajstić information content (AvgIpc) is 2.66. The van der Waals surface area contributed by atoms with Crippen LogP contribution >= 0.6 is 0 Å². The summed E-state index contributed by atoms with van der Waals surface area (Å²) in [5, 5.41) is 13.8. The highest BCUT2D eigenvalue weighted by molar-refractivity contribution is 6.05. The van der Waals surface area contributed by atoms with E-state index in [0.717, 1.165) is 21.9 Å². The molecule has 6 heteroatoms. The monoisotopic (exact) mass is 336 g/mol. The Kier molecular flexibility index (Phi) is 4.35. The van der Waals surface area contributed by atoms with E-state index >= 15 is 0 Å². The van der Waals surface area contributed by atoms with Gasteiger partial charge in [-0.2, -0.15) is 0 Å². The first-order valence-electron chi connectivity index (χ1n) is 7.57. The summed E-state index contributed by atoms with van der Waals surface area (Å²) < 4.78 is 4.77. The molecule has 0 aliphatic carbocycles. The number of nitrogens with zero attached hydrogens (tertiary/aromatic N) is 1. The van der Waals surface area contributed by atoms with Crippen LogP contribution in [0.2, 0.25) is 0 Å². The fourth-order valence-corrected chi connectivity index (χ4v) is 2.74. The SMILES string of the molecule is CNc1ncc(-c2cccc(C(=O)O)c2)c2ccc(C(=O)OC)cc12. The molecule has 25 heavy (non-hydrogen) atoms. The molecule has 0 fully saturated rings. The number of methoxy groups -OCH3 is 1. The van der Waals surface area contributed by atoms with Crippen LogP contribution in [0, 0.1) is 0 Å². The molecule has 126 valence electrons. The third-order valence-corrected chi connectivity index (χ3v) is 3.97. The molecular formula is C19H16N2O4. The van der Waals surface area contributed by atoms with Crippen molar-refractivity contribution in [2.45, 2.75) is 0 Å². The predicted molar refractivity (Wildman–Crippen MR) is 95.0 cm³/mol. The smallest absolute Gasteiger partial charge is 0.337 e. The lowest BCUT2D eigenvalue weighted by molar-refractivity contribution is 0.0600. The number of pyridine rings is 1. The zero-order chi connectivity index (χ0) is 18.0. The number of aromatic nitrogens is 1. The summed E-state index contributed by atoms with van der Waals surface area (Å²) in [7, 11) is 3.08. The van der Waals surface area contributed by atoms with Crippen LogP contribution in [0.4, 0.5) is 5.82 Å². The van der Waals surface area contributed by atoms with Gasteiger partial charge in [0.2, 0.25) is 0 Å². The zero-order valence-electron chi connectivity index (χ0n) is 13.7. The number of carboxylic acid groups (broad SMARTS) is 1. The Morgan fingerprint density at radius 2 is 1.88 bits per heavy atom. The first-order valence-corrected chi connectivity index (χ1v) is 7.57. The number of hydrogen-bond acceptors (Lipinski definition) is 5. The Bertz CT molecular complexity index is 982. The highest BCUT2D eigenvalue weighted by Gasteiger charge is 2.13. The first-order chi connectivity index (χ1) is 12.0. The van der Waals surface area contributed by atoms with Gasteiger partial charge < -0.3 is 15.2 Å². The number of fused-ring (bicyclic) bond motifs is 1. The minimum absolute atomic E-state index is 0.203. The molecule has 0 radical (unpaired) electrons. The molecule has 6 nitrogen and oxygen atoms in total. The summed E-state index contributed by atoms with van der Waals surface area (Å²) in [6.07, 6.45) is 1.69. The molecule has 0 amide bonds. The van der Waals surface area contributed by atoms with Crippen molar-refractivity contribution in [3.05, 3.63) is 59.8 Å². The number of aromatic carboxylic acids is 1. The second kappa shape index (κ2) is 6.60. The molecule has 0 aliphatic rings. The Hall–Kier alpha value is -3.41. The van der Waals surface area contributed by atoms with Crippen LogP contribution in [-0.4, -0.2) is 36.2 Å². The van der Waals surface area contributed by atoms with Crippen molar-refractivity contribution in [1.82, 2.24) is 4.98 Å². The van der Waals surface area contributed by atoms with E-state index in [1.807, 2.05) is 12.1 Å². The van der Waals surface area contributed by atoms with Gasteiger partial charge in [-0.25, -0.2) is 14.6 Å². The van der Waals surface area contributed by atoms with Crippen LogP contribution in [0.3, 0.4) is 0 Å². The lowest BCUT2D eigenvalue weighted by Gasteiger charge is -2.12. The number of carbonyl (C=O) groups is 2. The van der Waals surface area contributed by atoms with Crippen LogP contribution < -0.4 is 5.32 Å². The predicted octanol–water partition coefficient (Wildman–Crippen LogP) is 3.43. The molecule has 0 saturated heterocycles. The van der Waals surface area contributed by atoms with Crippen molar-refractivity contribution in [3.8, 4) is 11.1 Å². The second-order valence-electron chi connectivity index (χ2n) is 5.41. The summed E-state index contributed by atoms with van der Waals surface area (Å²) in [6.45, 7) is 0. The maximum absolute atomic E-state index is 11.8. The summed E-state index contributed by atoms with van der Waals surface area (Å²) in [5.41, 5.74) is 2.15. The summed E-state index contributed by atoms with van der Waals surface area (Å²) in [4.78, 5) is 27.4. The fraction of sp³-hybridized carbons (Fsp3) is 0.105. The van der Waals surface area contributed by atoms with Gasteiger partial charge in [0.05, 0.1) is 18.2 Å². The summed E-state index contributed by atoms with van der Waals surface area (Å²) in [5.74, 6) is -0.792. The minimum atomic E-state index is -0.987. The van der Waals surface area contributed by atoms with Gasteiger partial charge in [0.15, 0.2) is 0 Å². The Labute approximate surface area is 144 Å². The van der Waals surface area contributed by atoms with Crippen molar-refractivity contribution in [2.24, 2.45) is 0 Å². The lowest BCUT2D eigenvalue weighted by Crippen LogP contribution is -2.02. The summed E-state index contributed by atoms with van der Waals surface area (Å²) in [6, 6.07) is 11.9. The Morgan fingerprint density at radius 3 is 2.56 bits per heavy atom. The highest BCUT2D eigenvalue weighted by Crippen LogP contribution is 2.32. The van der Waals surface area contributed by atoms with Crippen LogP contribution in [0.25, 0.3) is 21.9 Å². The maximum atomic E-state index is 11.8. The molecule has 0 aliphatic heterocycles.